The molecule has 0 radical (unpaired) electrons. The number of carbonyl (C=O) groups excluding carboxylic acids is 3. The summed E-state index contributed by atoms with van der Waals surface area (Å²) < 4.78 is 10.3. The predicted molar refractivity (Wildman–Crippen MR) is 101 cm³/mol. The van der Waals surface area contributed by atoms with Crippen LogP contribution in [0.5, 0.6) is 0 Å². The van der Waals surface area contributed by atoms with Crippen LogP contribution < -0.4 is 10.6 Å². The highest BCUT2D eigenvalue weighted by Crippen LogP contribution is 2.07. The summed E-state index contributed by atoms with van der Waals surface area (Å²) in [4.78, 5) is 43.0. The summed E-state index contributed by atoms with van der Waals surface area (Å²) in [6, 6.07) is 8.21. The van der Waals surface area contributed by atoms with Crippen molar-refractivity contribution in [3.05, 3.63) is 35.9 Å². The number of hydrogen-bond acceptors (Lipinski definition) is 7. The largest absolute Gasteiger partial charge is 0.480 e. The summed E-state index contributed by atoms with van der Waals surface area (Å²) in [5.41, 5.74) is 0.247. The first-order valence-electron chi connectivity index (χ1n) is 8.83. The monoisotopic (exact) mass is 410 g/mol. The van der Waals surface area contributed by atoms with Crippen LogP contribution in [0.15, 0.2) is 30.3 Å². The molecule has 1 aliphatic rings. The lowest BCUT2D eigenvalue weighted by atomic mass is 10.2. The number of aliphatic hydroxyl groups excluding tert-OH is 1. The molecule has 1 saturated heterocycles. The predicted octanol–water partition coefficient (Wildman–Crippen LogP) is 0.575. The molecule has 1 aromatic carbocycles. The number of carboxylic acid groups (broad SMARTS) is 1. The normalized spacial score (nSPS) is 16.9. The zero-order valence-electron chi connectivity index (χ0n) is 16.5. The molecule has 0 saturated carbocycles. The van der Waals surface area contributed by atoms with E-state index >= 15 is 0 Å². The van der Waals surface area contributed by atoms with Crippen LogP contribution in [-0.4, -0.2) is 58.4 Å². The molecule has 29 heavy (non-hydrogen) atoms. The van der Waals surface area contributed by atoms with E-state index in [-0.39, 0.29) is 19.6 Å². The summed E-state index contributed by atoms with van der Waals surface area (Å²) in [6.45, 7) is 5.25. The van der Waals surface area contributed by atoms with Gasteiger partial charge in [0.2, 0.25) is 5.91 Å². The molecule has 2 atom stereocenters. The number of benzene rings is 1. The SMILES string of the molecule is CC(C)(C)OC(=O)N[C@@H](COCc1ccccc1)C(=O)O.O=C1CC(O)C(=O)N1. The highest BCUT2D eigenvalue weighted by molar-refractivity contribution is 6.04. The molecule has 0 spiro atoms. The van der Waals surface area contributed by atoms with Crippen molar-refractivity contribution in [3.63, 3.8) is 0 Å². The van der Waals surface area contributed by atoms with Gasteiger partial charge in [0.15, 0.2) is 6.04 Å². The third-order valence-corrected chi connectivity index (χ3v) is 3.33. The highest BCUT2D eigenvalue weighted by Gasteiger charge is 2.27. The number of nitrogens with one attached hydrogen (secondary N) is 2. The van der Waals surface area contributed by atoms with Gasteiger partial charge in [-0.3, -0.25) is 14.9 Å². The molecule has 0 bridgehead atoms. The van der Waals surface area contributed by atoms with Crippen LogP contribution in [0.1, 0.15) is 32.8 Å². The van der Waals surface area contributed by atoms with Gasteiger partial charge in [0.1, 0.15) is 11.7 Å². The van der Waals surface area contributed by atoms with Gasteiger partial charge in [0.25, 0.3) is 5.91 Å². The van der Waals surface area contributed by atoms with Gasteiger partial charge in [0.05, 0.1) is 19.6 Å². The van der Waals surface area contributed by atoms with Gasteiger partial charge in [-0.2, -0.15) is 0 Å². The second-order valence-corrected chi connectivity index (χ2v) is 7.17. The van der Waals surface area contributed by atoms with Gasteiger partial charge in [-0.15, -0.1) is 0 Å². The number of carboxylic acids is 1. The zero-order chi connectivity index (χ0) is 22.0. The first-order chi connectivity index (χ1) is 13.5. The minimum Gasteiger partial charge on any atom is -0.480 e. The number of carbonyl (C=O) groups is 4. The topological polar surface area (TPSA) is 151 Å². The summed E-state index contributed by atoms with van der Waals surface area (Å²) in [5.74, 6) is -2.16. The molecule has 1 aromatic rings. The molecule has 1 fully saturated rings. The van der Waals surface area contributed by atoms with Crippen LogP contribution in [-0.2, 0) is 30.5 Å². The number of imide groups is 1. The maximum atomic E-state index is 11.6. The van der Waals surface area contributed by atoms with E-state index in [1.165, 1.54) is 0 Å². The van der Waals surface area contributed by atoms with E-state index in [0.717, 1.165) is 5.56 Å². The molecule has 0 aromatic heterocycles. The minimum absolute atomic E-state index is 0.0845. The second kappa shape index (κ2) is 11.1. The van der Waals surface area contributed by atoms with E-state index in [0.29, 0.717) is 0 Å². The highest BCUT2D eigenvalue weighted by atomic mass is 16.6. The second-order valence-electron chi connectivity index (χ2n) is 7.17. The first kappa shape index (κ1) is 24.1. The average Bonchev–Trinajstić information content (AvgIpc) is 2.89. The molecule has 1 heterocycles. The van der Waals surface area contributed by atoms with Crippen LogP contribution in [0.2, 0.25) is 0 Å². The first-order valence-corrected chi connectivity index (χ1v) is 8.83. The summed E-state index contributed by atoms with van der Waals surface area (Å²) in [6.07, 6.45) is -1.97. The van der Waals surface area contributed by atoms with E-state index in [1.807, 2.05) is 35.6 Å². The maximum absolute atomic E-state index is 11.6. The zero-order valence-corrected chi connectivity index (χ0v) is 16.5. The maximum Gasteiger partial charge on any atom is 0.408 e. The average molecular weight is 410 g/mol. The lowest BCUT2D eigenvalue weighted by molar-refractivity contribution is -0.141. The van der Waals surface area contributed by atoms with Crippen molar-refractivity contribution in [3.8, 4) is 0 Å². The molecule has 4 N–H and O–H groups in total. The lowest BCUT2D eigenvalue weighted by Gasteiger charge is -2.22. The van der Waals surface area contributed by atoms with E-state index in [4.69, 9.17) is 19.7 Å². The van der Waals surface area contributed by atoms with Crippen molar-refractivity contribution in [2.75, 3.05) is 6.61 Å². The molecular weight excluding hydrogens is 384 g/mol. The standard InChI is InChI=1S/C15H21NO5.C4H5NO3/c1-15(2,3)21-14(19)16-12(13(17)18)10-20-9-11-7-5-4-6-8-11;6-2-1-3(7)5-4(2)8/h4-8,12H,9-10H2,1-3H3,(H,16,19)(H,17,18);2,6H,1H2,(H,5,7,8)/t12-;/m0./s1. The molecule has 10 nitrogen and oxygen atoms in total. The summed E-state index contributed by atoms with van der Waals surface area (Å²) in [7, 11) is 0. The third-order valence-electron chi connectivity index (χ3n) is 3.33. The van der Waals surface area contributed by atoms with Gasteiger partial charge >= 0.3 is 12.1 Å². The van der Waals surface area contributed by atoms with Crippen LogP contribution in [0, 0.1) is 0 Å². The Labute approximate surface area is 168 Å². The van der Waals surface area contributed by atoms with Gasteiger partial charge in [-0.1, -0.05) is 30.3 Å². The molecule has 1 unspecified atom stereocenters. The Morgan fingerprint density at radius 3 is 2.28 bits per heavy atom. The van der Waals surface area contributed by atoms with E-state index in [2.05, 4.69) is 5.32 Å². The number of alkyl carbamates (subject to hydrolysis) is 1. The molecule has 2 rings (SSSR count). The molecule has 0 aliphatic carbocycles. The Morgan fingerprint density at radius 1 is 1.24 bits per heavy atom. The van der Waals surface area contributed by atoms with Crippen molar-refractivity contribution in [2.24, 2.45) is 0 Å². The van der Waals surface area contributed by atoms with Crippen molar-refractivity contribution >= 4 is 23.9 Å². The van der Waals surface area contributed by atoms with Gasteiger partial charge < -0.3 is 25.0 Å². The fourth-order valence-corrected chi connectivity index (χ4v) is 2.03. The molecule has 10 heteroatoms. The fraction of sp³-hybridized carbons (Fsp3) is 0.474. The van der Waals surface area contributed by atoms with Crippen molar-refractivity contribution in [1.29, 1.82) is 0 Å². The Hall–Kier alpha value is -2.98. The van der Waals surface area contributed by atoms with Crippen LogP contribution in [0.3, 0.4) is 0 Å². The fourth-order valence-electron chi connectivity index (χ4n) is 2.03. The van der Waals surface area contributed by atoms with Crippen LogP contribution in [0.4, 0.5) is 4.79 Å². The number of rotatable bonds is 6. The number of amides is 3. The lowest BCUT2D eigenvalue weighted by Crippen LogP contribution is -2.46. The van der Waals surface area contributed by atoms with E-state index in [1.54, 1.807) is 20.8 Å². The van der Waals surface area contributed by atoms with Crippen LogP contribution in [0.25, 0.3) is 0 Å². The molecule has 160 valence electrons. The summed E-state index contributed by atoms with van der Waals surface area (Å²) in [5, 5.41) is 21.8. The smallest absolute Gasteiger partial charge is 0.408 e. The van der Waals surface area contributed by atoms with Crippen molar-refractivity contribution < 1.29 is 38.9 Å². The van der Waals surface area contributed by atoms with Crippen molar-refractivity contribution in [1.82, 2.24) is 10.6 Å². The number of aliphatic hydroxyl groups is 1. The van der Waals surface area contributed by atoms with Gasteiger partial charge in [0, 0.05) is 0 Å². The molecular formula is C19H26N2O8. The Bertz CT molecular complexity index is 715. The van der Waals surface area contributed by atoms with E-state index in [9.17, 15) is 19.2 Å². The Morgan fingerprint density at radius 2 is 1.86 bits per heavy atom. The van der Waals surface area contributed by atoms with Gasteiger partial charge in [-0.25, -0.2) is 9.59 Å². The molecule has 3 amide bonds. The Balaban J connectivity index is 0.000000436. The van der Waals surface area contributed by atoms with Crippen LogP contribution >= 0.6 is 0 Å². The summed E-state index contributed by atoms with van der Waals surface area (Å²) >= 11 is 0. The number of hydrogen-bond donors (Lipinski definition) is 4. The number of ether oxygens (including phenoxy) is 2. The van der Waals surface area contributed by atoms with Gasteiger partial charge in [-0.05, 0) is 26.3 Å². The minimum atomic E-state index is -1.17. The van der Waals surface area contributed by atoms with E-state index < -0.39 is 41.6 Å². The molecule has 1 aliphatic heterocycles. The third kappa shape index (κ3) is 10.2. The van der Waals surface area contributed by atoms with Crippen molar-refractivity contribution in [2.45, 2.75) is 51.5 Å². The quantitative estimate of drug-likeness (QED) is 0.497. The Kier molecular flexibility index (Phi) is 9.23. The number of aliphatic carboxylic acids is 1.